The molecule has 0 fully saturated rings. The first-order chi connectivity index (χ1) is 14.1. The molecule has 0 bridgehead atoms. The molecule has 0 unspecified atom stereocenters. The molecule has 0 saturated carbocycles. The Morgan fingerprint density at radius 3 is 1.93 bits per heavy atom. The van der Waals surface area contributed by atoms with Crippen LogP contribution in [-0.4, -0.2) is 27.1 Å². The van der Waals surface area contributed by atoms with Gasteiger partial charge in [-0.1, -0.05) is 30.4 Å². The normalized spacial score (nSPS) is 11.1. The first kappa shape index (κ1) is 23.1. The third-order valence-corrected chi connectivity index (χ3v) is 5.21. The number of aryl methyl sites for hydroxylation is 2. The van der Waals surface area contributed by atoms with Gasteiger partial charge in [0.05, 0.1) is 4.90 Å². The predicted molar refractivity (Wildman–Crippen MR) is 121 cm³/mol. The number of hydrogen-bond acceptors (Lipinski definition) is 5. The molecule has 1 heterocycles. The summed E-state index contributed by atoms with van der Waals surface area (Å²) in [5.41, 5.74) is 9.64. The van der Waals surface area contributed by atoms with Crippen molar-refractivity contribution in [2.45, 2.75) is 11.8 Å². The fourth-order valence-corrected chi connectivity index (χ4v) is 3.24. The number of anilines is 2. The number of benzene rings is 2. The number of nitrogens with zero attached hydrogens (tertiary/aromatic N) is 2. The second-order valence-corrected chi connectivity index (χ2v) is 8.46. The van der Waals surface area contributed by atoms with Gasteiger partial charge in [0.25, 0.3) is 0 Å². The van der Waals surface area contributed by atoms with Gasteiger partial charge in [-0.25, -0.2) is 13.0 Å². The first-order valence-electron chi connectivity index (χ1n) is 9.29. The van der Waals surface area contributed by atoms with Crippen molar-refractivity contribution in [1.29, 1.82) is 0 Å². The molecule has 6 nitrogen and oxygen atoms in total. The van der Waals surface area contributed by atoms with Crippen LogP contribution >= 0.6 is 0 Å². The Morgan fingerprint density at radius 1 is 0.933 bits per heavy atom. The zero-order valence-corrected chi connectivity index (χ0v) is 18.4. The fraction of sp³-hybridized carbons (Fsp3) is 0.174. The van der Waals surface area contributed by atoms with Crippen molar-refractivity contribution < 1.29 is 17.5 Å². The summed E-state index contributed by atoms with van der Waals surface area (Å²) >= 11 is 0. The summed E-state index contributed by atoms with van der Waals surface area (Å²) in [6, 6.07) is 17.0. The van der Waals surface area contributed by atoms with Crippen LogP contribution in [0.15, 0.2) is 71.9 Å². The molecule has 2 aromatic carbocycles. The lowest BCUT2D eigenvalue weighted by molar-refractivity contribution is -0.671. The van der Waals surface area contributed by atoms with Crippen LogP contribution in [0.5, 0.6) is 0 Å². The van der Waals surface area contributed by atoms with Gasteiger partial charge in [0.1, 0.15) is 17.2 Å². The molecule has 0 spiro atoms. The Morgan fingerprint density at radius 2 is 1.47 bits per heavy atom. The molecule has 0 atom stereocenters. The van der Waals surface area contributed by atoms with Crippen molar-refractivity contribution in [3.63, 3.8) is 0 Å². The monoisotopic (exact) mass is 425 g/mol. The Labute approximate surface area is 178 Å². The minimum absolute atomic E-state index is 0.00407. The van der Waals surface area contributed by atoms with E-state index in [4.69, 9.17) is 5.73 Å². The van der Waals surface area contributed by atoms with Gasteiger partial charge >= 0.3 is 0 Å². The molecule has 30 heavy (non-hydrogen) atoms. The van der Waals surface area contributed by atoms with Gasteiger partial charge in [-0.3, -0.25) is 0 Å². The van der Waals surface area contributed by atoms with E-state index in [0.717, 1.165) is 0 Å². The van der Waals surface area contributed by atoms with Crippen LogP contribution in [0.3, 0.4) is 0 Å². The number of nitrogen functional groups attached to an aromatic ring is 1. The van der Waals surface area contributed by atoms with Crippen molar-refractivity contribution in [1.82, 2.24) is 0 Å². The lowest BCUT2D eigenvalue weighted by Gasteiger charge is -2.11. The maximum absolute atomic E-state index is 10.6. The van der Waals surface area contributed by atoms with E-state index in [1.807, 2.05) is 11.6 Å². The fourth-order valence-electron chi connectivity index (χ4n) is 2.56. The van der Waals surface area contributed by atoms with Crippen LogP contribution in [0.25, 0.3) is 12.2 Å². The van der Waals surface area contributed by atoms with E-state index in [2.05, 4.69) is 79.9 Å². The molecule has 3 rings (SSSR count). The van der Waals surface area contributed by atoms with E-state index >= 15 is 0 Å². The van der Waals surface area contributed by atoms with Crippen molar-refractivity contribution in [2.75, 3.05) is 24.7 Å². The maximum atomic E-state index is 10.6. The Balaban J connectivity index is 0.000000232. The second kappa shape index (κ2) is 10.0. The van der Waals surface area contributed by atoms with Crippen LogP contribution in [0.1, 0.15) is 16.7 Å². The average molecular weight is 426 g/mol. The molecule has 158 valence electrons. The molecule has 0 aliphatic heterocycles. The smallest absolute Gasteiger partial charge is 0.169 e. The number of nitrogens with two attached hydrogens (primary N) is 1. The number of rotatable bonds is 4. The molecule has 0 radical (unpaired) electrons. The van der Waals surface area contributed by atoms with Crippen molar-refractivity contribution >= 4 is 33.6 Å². The highest BCUT2D eigenvalue weighted by Crippen LogP contribution is 2.18. The van der Waals surface area contributed by atoms with Gasteiger partial charge in [0.2, 0.25) is 0 Å². The van der Waals surface area contributed by atoms with Gasteiger partial charge in [0, 0.05) is 37.6 Å². The Hall–Kier alpha value is -3.16. The topological polar surface area (TPSA) is 90.3 Å². The van der Waals surface area contributed by atoms with Crippen molar-refractivity contribution in [3.05, 3.63) is 83.7 Å². The number of hydrogen-bond donors (Lipinski definition) is 1. The molecular weight excluding hydrogens is 398 g/mol. The minimum atomic E-state index is -4.43. The summed E-state index contributed by atoms with van der Waals surface area (Å²) in [4.78, 5) is 1.76. The molecule has 0 aliphatic rings. The lowest BCUT2D eigenvalue weighted by Crippen LogP contribution is -2.25. The summed E-state index contributed by atoms with van der Waals surface area (Å²) in [7, 11) is 1.69. The van der Waals surface area contributed by atoms with E-state index in [1.54, 1.807) is 13.0 Å². The van der Waals surface area contributed by atoms with Crippen LogP contribution in [0.2, 0.25) is 0 Å². The van der Waals surface area contributed by atoms with Gasteiger partial charge in [-0.2, -0.15) is 0 Å². The standard InChI is InChI=1S/C16H19N2.C7H9NO3S/c1-17(2)16-8-6-14(7-9-16)4-5-15-10-12-18(3)13-11-15;1-5-2-3-6(8)7(4-5)12(9,10)11/h4-13H,1-3H3;2-4H,8H2,1H3,(H,9,10,11)/q+1;/p-1. The van der Waals surface area contributed by atoms with Crippen molar-refractivity contribution in [3.8, 4) is 0 Å². The third-order valence-electron chi connectivity index (χ3n) is 4.32. The zero-order chi connectivity index (χ0) is 22.3. The largest absolute Gasteiger partial charge is 0.744 e. The van der Waals surface area contributed by atoms with E-state index in [1.165, 1.54) is 28.9 Å². The summed E-state index contributed by atoms with van der Waals surface area (Å²) in [5, 5.41) is 0. The summed E-state index contributed by atoms with van der Waals surface area (Å²) < 4.78 is 33.7. The van der Waals surface area contributed by atoms with Gasteiger partial charge in [-0.05, 0) is 47.9 Å². The van der Waals surface area contributed by atoms with Gasteiger partial charge < -0.3 is 15.2 Å². The SMILES string of the molecule is CN(C)c1ccc(/C=C/c2cc[n+](C)cc2)cc1.Cc1ccc(N)c(S(=O)(=O)[O-])c1. The predicted octanol–water partition coefficient (Wildman–Crippen LogP) is 3.23. The molecular formula is C23H27N3O3S. The quantitative estimate of drug-likeness (QED) is 0.394. The molecule has 1 aromatic heterocycles. The summed E-state index contributed by atoms with van der Waals surface area (Å²) in [6.07, 6.45) is 8.36. The van der Waals surface area contributed by atoms with Gasteiger partial charge in [0.15, 0.2) is 12.4 Å². The highest BCUT2D eigenvalue weighted by molar-refractivity contribution is 7.86. The maximum Gasteiger partial charge on any atom is 0.169 e. The van der Waals surface area contributed by atoms with Crippen LogP contribution in [0, 0.1) is 6.92 Å². The van der Waals surface area contributed by atoms with E-state index in [-0.39, 0.29) is 10.6 Å². The van der Waals surface area contributed by atoms with Crippen molar-refractivity contribution in [2.24, 2.45) is 7.05 Å². The van der Waals surface area contributed by atoms with E-state index in [0.29, 0.717) is 5.56 Å². The average Bonchev–Trinajstić information content (AvgIpc) is 2.69. The van der Waals surface area contributed by atoms with Crippen LogP contribution in [0.4, 0.5) is 11.4 Å². The third kappa shape index (κ3) is 7.02. The summed E-state index contributed by atoms with van der Waals surface area (Å²) in [6.45, 7) is 1.69. The molecule has 0 aliphatic carbocycles. The molecule has 2 N–H and O–H groups in total. The highest BCUT2D eigenvalue weighted by atomic mass is 32.2. The lowest BCUT2D eigenvalue weighted by atomic mass is 10.1. The first-order valence-corrected chi connectivity index (χ1v) is 10.7. The van der Waals surface area contributed by atoms with Crippen LogP contribution < -0.4 is 15.2 Å². The van der Waals surface area contributed by atoms with Crippen LogP contribution in [-0.2, 0) is 17.2 Å². The molecule has 0 amide bonds. The Kier molecular flexibility index (Phi) is 7.74. The minimum Gasteiger partial charge on any atom is -0.744 e. The second-order valence-electron chi connectivity index (χ2n) is 7.11. The molecule has 3 aromatic rings. The zero-order valence-electron chi connectivity index (χ0n) is 17.6. The van der Waals surface area contributed by atoms with E-state index in [9.17, 15) is 13.0 Å². The highest BCUT2D eigenvalue weighted by Gasteiger charge is 2.05. The van der Waals surface area contributed by atoms with Gasteiger partial charge in [-0.15, -0.1) is 0 Å². The Bertz CT molecular complexity index is 1110. The number of aromatic nitrogens is 1. The van der Waals surface area contributed by atoms with E-state index < -0.39 is 10.1 Å². The molecule has 0 saturated heterocycles. The number of pyridine rings is 1. The summed E-state index contributed by atoms with van der Waals surface area (Å²) in [5.74, 6) is 0. The molecule has 7 heteroatoms.